The highest BCUT2D eigenvalue weighted by molar-refractivity contribution is 5.95. The van der Waals surface area contributed by atoms with Crippen molar-refractivity contribution in [2.45, 2.75) is 25.1 Å². The van der Waals surface area contributed by atoms with Crippen molar-refractivity contribution in [3.63, 3.8) is 0 Å². The molecule has 0 unspecified atom stereocenters. The molecule has 1 fully saturated rings. The third-order valence-electron chi connectivity index (χ3n) is 7.36. The van der Waals surface area contributed by atoms with E-state index in [0.29, 0.717) is 34.2 Å². The Labute approximate surface area is 246 Å². The molecule has 7 rings (SSSR count). The number of benzene rings is 3. The minimum Gasteiger partial charge on any atom is -0.493 e. The topological polar surface area (TPSA) is 141 Å². The molecule has 12 nitrogen and oxygen atoms in total. The second-order valence-corrected chi connectivity index (χ2v) is 10.2. The number of nitrogens with one attached hydrogen (secondary N) is 2. The van der Waals surface area contributed by atoms with E-state index in [1.54, 1.807) is 35.2 Å². The maximum atomic E-state index is 13.4. The zero-order chi connectivity index (χ0) is 29.9. The van der Waals surface area contributed by atoms with Gasteiger partial charge < -0.3 is 38.9 Å². The number of ether oxygens (including phenoxy) is 4. The molecule has 1 aromatic heterocycles. The molecule has 0 saturated carbocycles. The minimum absolute atomic E-state index is 0.0367. The molecule has 4 heterocycles. The van der Waals surface area contributed by atoms with E-state index in [0.717, 1.165) is 5.56 Å². The van der Waals surface area contributed by atoms with Crippen LogP contribution in [0.5, 0.6) is 23.0 Å². The van der Waals surface area contributed by atoms with E-state index in [2.05, 4.69) is 15.6 Å². The quantitative estimate of drug-likeness (QED) is 0.369. The van der Waals surface area contributed by atoms with Crippen molar-refractivity contribution in [2.75, 3.05) is 33.9 Å². The van der Waals surface area contributed by atoms with E-state index < -0.39 is 18.1 Å². The molecular weight excluding hydrogens is 556 g/mol. The van der Waals surface area contributed by atoms with Gasteiger partial charge in [-0.25, -0.2) is 4.98 Å². The van der Waals surface area contributed by atoms with Crippen molar-refractivity contribution in [3.8, 4) is 23.0 Å². The number of likely N-dealkylation sites (tertiary alicyclic amines) is 1. The molecule has 3 aromatic carbocycles. The number of carbonyl (C=O) groups is 3. The summed E-state index contributed by atoms with van der Waals surface area (Å²) < 4.78 is 28.8. The lowest BCUT2D eigenvalue weighted by atomic mass is 10.1. The number of carbonyl (C=O) groups excluding carboxylic acids is 3. The van der Waals surface area contributed by atoms with Gasteiger partial charge in [0.2, 0.25) is 11.8 Å². The van der Waals surface area contributed by atoms with Gasteiger partial charge in [0.25, 0.3) is 11.8 Å². The van der Waals surface area contributed by atoms with Crippen LogP contribution < -0.4 is 29.6 Å². The predicted molar refractivity (Wildman–Crippen MR) is 153 cm³/mol. The van der Waals surface area contributed by atoms with E-state index in [4.69, 9.17) is 23.4 Å². The third kappa shape index (κ3) is 6.03. The number of amides is 3. The van der Waals surface area contributed by atoms with E-state index in [1.807, 2.05) is 24.3 Å². The van der Waals surface area contributed by atoms with Crippen LogP contribution in [0.4, 0.5) is 0 Å². The number of hydrogen-bond acceptors (Lipinski definition) is 9. The van der Waals surface area contributed by atoms with Crippen molar-refractivity contribution in [1.29, 1.82) is 0 Å². The van der Waals surface area contributed by atoms with Crippen LogP contribution in [-0.4, -0.2) is 73.7 Å². The normalized spacial score (nSPS) is 18.6. The summed E-state index contributed by atoms with van der Waals surface area (Å²) in [5.41, 5.74) is 2.36. The van der Waals surface area contributed by atoms with E-state index in [-0.39, 0.29) is 55.8 Å². The van der Waals surface area contributed by atoms with Crippen LogP contribution in [0.25, 0.3) is 11.1 Å². The summed E-state index contributed by atoms with van der Waals surface area (Å²) in [6.45, 7) is 0.373. The predicted octanol–water partition coefficient (Wildman–Crippen LogP) is 2.48. The summed E-state index contributed by atoms with van der Waals surface area (Å²) in [7, 11) is 2.99. The first kappa shape index (κ1) is 27.9. The van der Waals surface area contributed by atoms with Gasteiger partial charge in [-0.05, 0) is 48.0 Å². The monoisotopic (exact) mass is 586 g/mol. The van der Waals surface area contributed by atoms with Crippen molar-refractivity contribution >= 4 is 28.8 Å². The average Bonchev–Trinajstić information content (AvgIpc) is 3.62. The van der Waals surface area contributed by atoms with Gasteiger partial charge in [0.1, 0.15) is 18.0 Å². The fourth-order valence-corrected chi connectivity index (χ4v) is 5.13. The van der Waals surface area contributed by atoms with Gasteiger partial charge in [-0.1, -0.05) is 18.2 Å². The number of para-hydroxylation sites is 2. The molecular formula is C31H30N4O8. The van der Waals surface area contributed by atoms with Gasteiger partial charge in [0, 0.05) is 18.7 Å². The highest BCUT2D eigenvalue weighted by Gasteiger charge is 2.39. The van der Waals surface area contributed by atoms with Crippen molar-refractivity contribution in [1.82, 2.24) is 20.5 Å². The second kappa shape index (κ2) is 11.9. The standard InChI is InChI=1S/C31H30N4O8/c1-39-23-10-8-19-12-26(23)41-17-28(36)32-14-18-7-9-24(25(11-18)40-2)42-27-16-35(15-21(27)34-31(19)38)30(37)13-29-33-20-5-3-4-6-22(20)43-29/h3-12,21,27H,13-17H2,1-2H3,(H,32,36)(H,34,38)/t21-,27-/m0/s1. The molecule has 2 N–H and O–H groups in total. The van der Waals surface area contributed by atoms with Crippen LogP contribution in [0.3, 0.4) is 0 Å². The Bertz CT molecular complexity index is 1650. The maximum absolute atomic E-state index is 13.4. The molecule has 4 aromatic rings. The summed E-state index contributed by atoms with van der Waals surface area (Å²) >= 11 is 0. The molecule has 3 aliphatic rings. The van der Waals surface area contributed by atoms with E-state index >= 15 is 0 Å². The Hall–Kier alpha value is -5.26. The lowest BCUT2D eigenvalue weighted by Gasteiger charge is -2.22. The zero-order valence-corrected chi connectivity index (χ0v) is 23.6. The molecule has 1 saturated heterocycles. The summed E-state index contributed by atoms with van der Waals surface area (Å²) in [5.74, 6) is 0.854. The van der Waals surface area contributed by atoms with Crippen molar-refractivity contribution in [2.24, 2.45) is 0 Å². The molecule has 12 heteroatoms. The first-order valence-electron chi connectivity index (χ1n) is 13.7. The van der Waals surface area contributed by atoms with Gasteiger partial charge in [-0.15, -0.1) is 0 Å². The van der Waals surface area contributed by atoms with Gasteiger partial charge in [-0.2, -0.15) is 0 Å². The zero-order valence-electron chi connectivity index (χ0n) is 23.6. The van der Waals surface area contributed by atoms with Crippen LogP contribution in [0.2, 0.25) is 0 Å². The SMILES string of the molecule is COc1ccc2cc1OCC(=O)NCc1ccc(c(OC)c1)O[C@H]1CN(C(=O)Cc3nc4ccccc4o3)C[C@@H]1NC2=O. The third-order valence-corrected chi connectivity index (χ3v) is 7.36. The maximum Gasteiger partial charge on any atom is 0.258 e. The number of fused-ring (bicyclic) bond motifs is 8. The molecule has 3 amide bonds. The molecule has 222 valence electrons. The van der Waals surface area contributed by atoms with Crippen molar-refractivity contribution in [3.05, 3.63) is 77.7 Å². The Balaban J connectivity index is 1.29. The van der Waals surface area contributed by atoms with Crippen LogP contribution in [0.15, 0.2) is 65.1 Å². The van der Waals surface area contributed by atoms with Crippen LogP contribution in [0.1, 0.15) is 21.8 Å². The Morgan fingerprint density at radius 1 is 1.00 bits per heavy atom. The van der Waals surface area contributed by atoms with Crippen molar-refractivity contribution < 1.29 is 37.7 Å². The fourth-order valence-electron chi connectivity index (χ4n) is 5.13. The molecule has 4 bridgehead atoms. The number of methoxy groups -OCH3 is 2. The van der Waals surface area contributed by atoms with Gasteiger partial charge in [0.15, 0.2) is 35.2 Å². The summed E-state index contributed by atoms with van der Waals surface area (Å²) in [6, 6.07) is 16.8. The van der Waals surface area contributed by atoms with E-state index in [9.17, 15) is 14.4 Å². The van der Waals surface area contributed by atoms with Gasteiger partial charge >= 0.3 is 0 Å². The fraction of sp³-hybridized carbons (Fsp3) is 0.290. The van der Waals surface area contributed by atoms with E-state index in [1.165, 1.54) is 20.3 Å². The number of rotatable bonds is 4. The van der Waals surface area contributed by atoms with Crippen LogP contribution in [-0.2, 0) is 22.6 Å². The van der Waals surface area contributed by atoms with Gasteiger partial charge in [-0.3, -0.25) is 14.4 Å². The Morgan fingerprint density at radius 3 is 2.65 bits per heavy atom. The highest BCUT2D eigenvalue weighted by atomic mass is 16.5. The second-order valence-electron chi connectivity index (χ2n) is 10.2. The molecule has 43 heavy (non-hydrogen) atoms. The molecule has 0 radical (unpaired) electrons. The van der Waals surface area contributed by atoms with Crippen LogP contribution >= 0.6 is 0 Å². The molecule has 3 aliphatic heterocycles. The Morgan fingerprint density at radius 2 is 1.84 bits per heavy atom. The lowest BCUT2D eigenvalue weighted by molar-refractivity contribution is -0.130. The minimum atomic E-state index is -0.597. The largest absolute Gasteiger partial charge is 0.493 e. The first-order chi connectivity index (χ1) is 20.9. The highest BCUT2D eigenvalue weighted by Crippen LogP contribution is 2.32. The summed E-state index contributed by atoms with van der Waals surface area (Å²) in [5, 5.41) is 5.82. The molecule has 0 aliphatic carbocycles. The summed E-state index contributed by atoms with van der Waals surface area (Å²) in [6.07, 6.45) is -0.633. The lowest BCUT2D eigenvalue weighted by Crippen LogP contribution is -2.45. The summed E-state index contributed by atoms with van der Waals surface area (Å²) in [4.78, 5) is 45.4. The number of nitrogens with zero attached hydrogens (tertiary/aromatic N) is 2. The molecule has 2 atom stereocenters. The smallest absolute Gasteiger partial charge is 0.258 e. The number of hydrogen-bond donors (Lipinski definition) is 2. The first-order valence-corrected chi connectivity index (χ1v) is 13.7. The number of aromatic nitrogens is 1. The molecule has 0 spiro atoms. The van der Waals surface area contributed by atoms with Crippen LogP contribution in [0, 0.1) is 0 Å². The number of oxazole rings is 1. The Kier molecular flexibility index (Phi) is 7.73. The average molecular weight is 587 g/mol. The van der Waals surface area contributed by atoms with Gasteiger partial charge in [0.05, 0.1) is 26.8 Å².